The molecule has 3 aromatic carbocycles. The van der Waals surface area contributed by atoms with E-state index in [1.165, 1.54) is 22.9 Å². The molecule has 1 heterocycles. The van der Waals surface area contributed by atoms with Crippen LogP contribution in [0.2, 0.25) is 5.02 Å². The number of rotatable bonds is 7. The number of amides is 1. The summed E-state index contributed by atoms with van der Waals surface area (Å²) in [4.78, 5) is 17.2. The molecule has 0 saturated carbocycles. The van der Waals surface area contributed by atoms with Crippen LogP contribution in [0.25, 0.3) is 11.0 Å². The summed E-state index contributed by atoms with van der Waals surface area (Å²) in [5.41, 5.74) is 8.63. The van der Waals surface area contributed by atoms with Crippen molar-refractivity contribution in [2.45, 2.75) is 25.5 Å². The number of hydrazone groups is 1. The van der Waals surface area contributed by atoms with Gasteiger partial charge in [0.25, 0.3) is 5.91 Å². The maximum absolute atomic E-state index is 12.4. The molecule has 0 unspecified atom stereocenters. The van der Waals surface area contributed by atoms with Gasteiger partial charge in [-0.1, -0.05) is 77.5 Å². The Balaban J connectivity index is 1.46. The molecule has 0 fully saturated rings. The molecule has 1 aromatic heterocycles. The zero-order valence-corrected chi connectivity index (χ0v) is 19.5. The van der Waals surface area contributed by atoms with Gasteiger partial charge in [0, 0.05) is 5.02 Å². The van der Waals surface area contributed by atoms with E-state index in [0.29, 0.717) is 17.3 Å². The van der Waals surface area contributed by atoms with Crippen molar-refractivity contribution >= 4 is 46.0 Å². The number of aryl methyl sites for hydroxylation is 1. The van der Waals surface area contributed by atoms with E-state index < -0.39 is 0 Å². The van der Waals surface area contributed by atoms with Crippen molar-refractivity contribution < 1.29 is 4.79 Å². The van der Waals surface area contributed by atoms with Gasteiger partial charge in [0.05, 0.1) is 29.0 Å². The maximum Gasteiger partial charge on any atom is 0.250 e. The van der Waals surface area contributed by atoms with Gasteiger partial charge in [-0.15, -0.1) is 0 Å². The van der Waals surface area contributed by atoms with E-state index in [0.717, 1.165) is 21.8 Å². The Labute approximate surface area is 196 Å². The summed E-state index contributed by atoms with van der Waals surface area (Å²) in [5, 5.41) is 5.68. The minimum absolute atomic E-state index is 0.183. The summed E-state index contributed by atoms with van der Waals surface area (Å²) in [6.07, 6.45) is 0. The lowest BCUT2D eigenvalue weighted by atomic mass is 10.1. The molecule has 5 nitrogen and oxygen atoms in total. The zero-order chi connectivity index (χ0) is 22.5. The quantitative estimate of drug-likeness (QED) is 0.218. The number of aromatic nitrogens is 2. The molecule has 0 aliphatic rings. The van der Waals surface area contributed by atoms with Crippen molar-refractivity contribution in [3.63, 3.8) is 0 Å². The Kier molecular flexibility index (Phi) is 6.93. The number of thioether (sulfide) groups is 1. The maximum atomic E-state index is 12.4. The summed E-state index contributed by atoms with van der Waals surface area (Å²) >= 11 is 7.33. The molecule has 32 heavy (non-hydrogen) atoms. The van der Waals surface area contributed by atoms with Crippen LogP contribution in [0.5, 0.6) is 0 Å². The first-order valence-corrected chi connectivity index (χ1v) is 11.6. The fourth-order valence-corrected chi connectivity index (χ4v) is 4.19. The topological polar surface area (TPSA) is 59.3 Å². The first kappa shape index (κ1) is 22.1. The lowest BCUT2D eigenvalue weighted by Crippen LogP contribution is -2.21. The van der Waals surface area contributed by atoms with Gasteiger partial charge in [0.2, 0.25) is 0 Å². The standard InChI is InChI=1S/C25H23ClN4OS/c1-17-7-9-19(10-8-17)15-30-23-6-4-3-5-22(23)27-25(30)32-16-24(31)29-28-18(2)20-11-13-21(26)14-12-20/h3-14H,15-16H2,1-2H3,(H,29,31)/b28-18+. The highest BCUT2D eigenvalue weighted by Gasteiger charge is 2.13. The number of carbonyl (C=O) groups is 1. The Morgan fingerprint density at radius 3 is 2.53 bits per heavy atom. The number of hydrogen-bond acceptors (Lipinski definition) is 4. The summed E-state index contributed by atoms with van der Waals surface area (Å²) in [7, 11) is 0. The van der Waals surface area contributed by atoms with Gasteiger partial charge in [0.15, 0.2) is 5.16 Å². The van der Waals surface area contributed by atoms with Crippen LogP contribution in [0, 0.1) is 6.92 Å². The van der Waals surface area contributed by atoms with Crippen LogP contribution in [0.4, 0.5) is 0 Å². The molecule has 0 spiro atoms. The number of para-hydroxylation sites is 2. The van der Waals surface area contributed by atoms with Gasteiger partial charge < -0.3 is 4.57 Å². The molecule has 0 atom stereocenters. The molecular formula is C25H23ClN4OS. The Bertz CT molecular complexity index is 1260. The monoisotopic (exact) mass is 462 g/mol. The lowest BCUT2D eigenvalue weighted by molar-refractivity contribution is -0.118. The summed E-state index contributed by atoms with van der Waals surface area (Å²) < 4.78 is 2.15. The summed E-state index contributed by atoms with van der Waals surface area (Å²) in [6.45, 7) is 4.61. The smallest absolute Gasteiger partial charge is 0.250 e. The van der Waals surface area contributed by atoms with Crippen LogP contribution < -0.4 is 5.43 Å². The molecular weight excluding hydrogens is 440 g/mol. The second-order valence-corrected chi connectivity index (χ2v) is 8.86. The first-order valence-electron chi connectivity index (χ1n) is 10.2. The zero-order valence-electron chi connectivity index (χ0n) is 17.9. The van der Waals surface area contributed by atoms with Crippen molar-refractivity contribution in [1.82, 2.24) is 15.0 Å². The van der Waals surface area contributed by atoms with E-state index in [4.69, 9.17) is 16.6 Å². The van der Waals surface area contributed by atoms with Gasteiger partial charge in [-0.2, -0.15) is 5.10 Å². The van der Waals surface area contributed by atoms with E-state index in [1.807, 2.05) is 37.3 Å². The van der Waals surface area contributed by atoms with Crippen molar-refractivity contribution in [1.29, 1.82) is 0 Å². The number of halogens is 1. The van der Waals surface area contributed by atoms with Crippen LogP contribution in [-0.2, 0) is 11.3 Å². The Morgan fingerprint density at radius 1 is 1.06 bits per heavy atom. The molecule has 1 amide bonds. The third-order valence-electron chi connectivity index (χ3n) is 5.02. The van der Waals surface area contributed by atoms with Crippen molar-refractivity contribution in [2.24, 2.45) is 5.10 Å². The lowest BCUT2D eigenvalue weighted by Gasteiger charge is -2.09. The van der Waals surface area contributed by atoms with Crippen molar-refractivity contribution in [3.05, 3.63) is 94.5 Å². The third kappa shape index (κ3) is 5.39. The molecule has 0 bridgehead atoms. The number of imidazole rings is 1. The molecule has 0 radical (unpaired) electrons. The van der Waals surface area contributed by atoms with Crippen molar-refractivity contribution in [2.75, 3.05) is 5.75 Å². The predicted molar refractivity (Wildman–Crippen MR) is 133 cm³/mol. The molecule has 7 heteroatoms. The molecule has 0 saturated heterocycles. The Morgan fingerprint density at radius 2 is 1.78 bits per heavy atom. The van der Waals surface area contributed by atoms with Crippen LogP contribution in [0.15, 0.2) is 83.1 Å². The molecule has 162 valence electrons. The highest BCUT2D eigenvalue weighted by molar-refractivity contribution is 7.99. The van der Waals surface area contributed by atoms with E-state index in [1.54, 1.807) is 12.1 Å². The van der Waals surface area contributed by atoms with Crippen LogP contribution in [-0.4, -0.2) is 26.9 Å². The highest BCUT2D eigenvalue weighted by atomic mass is 35.5. The minimum Gasteiger partial charge on any atom is -0.314 e. The number of fused-ring (bicyclic) bond motifs is 1. The number of hydrogen-bond donors (Lipinski definition) is 1. The van der Waals surface area contributed by atoms with Crippen molar-refractivity contribution in [3.8, 4) is 0 Å². The van der Waals surface area contributed by atoms with Crippen LogP contribution >= 0.6 is 23.4 Å². The fraction of sp³-hybridized carbons (Fsp3) is 0.160. The van der Waals surface area contributed by atoms with E-state index in [-0.39, 0.29) is 11.7 Å². The predicted octanol–water partition coefficient (Wildman–Crippen LogP) is 5.68. The third-order valence-corrected chi connectivity index (χ3v) is 6.25. The van der Waals surface area contributed by atoms with Gasteiger partial charge in [0.1, 0.15) is 0 Å². The van der Waals surface area contributed by atoms with Gasteiger partial charge in [-0.3, -0.25) is 4.79 Å². The highest BCUT2D eigenvalue weighted by Crippen LogP contribution is 2.25. The normalized spacial score (nSPS) is 11.7. The largest absolute Gasteiger partial charge is 0.314 e. The average Bonchev–Trinajstić information content (AvgIpc) is 3.15. The molecule has 0 aliphatic carbocycles. The summed E-state index contributed by atoms with van der Waals surface area (Å²) in [5.74, 6) is 0.0338. The number of nitrogens with one attached hydrogen (secondary N) is 1. The van der Waals surface area contributed by atoms with Gasteiger partial charge in [-0.05, 0) is 49.2 Å². The molecule has 0 aliphatic heterocycles. The average molecular weight is 463 g/mol. The number of benzene rings is 3. The number of nitrogens with zero attached hydrogens (tertiary/aromatic N) is 3. The first-order chi connectivity index (χ1) is 15.5. The van der Waals surface area contributed by atoms with Crippen LogP contribution in [0.3, 0.4) is 0 Å². The SMILES string of the molecule is C/C(=N\NC(=O)CSc1nc2ccccc2n1Cc1ccc(C)cc1)c1ccc(Cl)cc1. The Hall–Kier alpha value is -3.09. The number of carbonyl (C=O) groups excluding carboxylic acids is 1. The van der Waals surface area contributed by atoms with E-state index in [2.05, 4.69) is 52.3 Å². The molecule has 1 N–H and O–H groups in total. The second kappa shape index (κ2) is 10.0. The fourth-order valence-electron chi connectivity index (χ4n) is 3.26. The molecule has 4 aromatic rings. The van der Waals surface area contributed by atoms with E-state index in [9.17, 15) is 4.79 Å². The molecule has 4 rings (SSSR count). The van der Waals surface area contributed by atoms with Crippen LogP contribution in [0.1, 0.15) is 23.6 Å². The van der Waals surface area contributed by atoms with Gasteiger partial charge in [-0.25, -0.2) is 10.4 Å². The summed E-state index contributed by atoms with van der Waals surface area (Å²) in [6, 6.07) is 23.8. The second-order valence-electron chi connectivity index (χ2n) is 7.48. The minimum atomic E-state index is -0.183. The van der Waals surface area contributed by atoms with Gasteiger partial charge >= 0.3 is 0 Å². The van der Waals surface area contributed by atoms with E-state index >= 15 is 0 Å².